The van der Waals surface area contributed by atoms with Crippen LogP contribution in [0.4, 0.5) is 5.69 Å². The number of hydrogen-bond acceptors (Lipinski definition) is 5. The van der Waals surface area contributed by atoms with Crippen molar-refractivity contribution < 1.29 is 13.3 Å². The molecule has 0 saturated carbocycles. The predicted octanol–water partition coefficient (Wildman–Crippen LogP) is 2.55. The zero-order valence-corrected chi connectivity index (χ0v) is 14.0. The van der Waals surface area contributed by atoms with Gasteiger partial charge in [-0.2, -0.15) is 11.8 Å². The van der Waals surface area contributed by atoms with Crippen molar-refractivity contribution in [1.82, 2.24) is 4.72 Å². The van der Waals surface area contributed by atoms with Crippen LogP contribution in [0.5, 0.6) is 0 Å². The molecule has 21 heavy (non-hydrogen) atoms. The van der Waals surface area contributed by atoms with Crippen molar-refractivity contribution in [2.45, 2.75) is 31.3 Å². The number of hydrogen-bond donors (Lipinski definition) is 1. The third-order valence-electron chi connectivity index (χ3n) is 2.44. The maximum atomic E-state index is 11.9. The molecule has 0 unspecified atom stereocenters. The second kappa shape index (κ2) is 7.24. The highest BCUT2D eigenvalue weighted by Gasteiger charge is 2.15. The summed E-state index contributed by atoms with van der Waals surface area (Å²) in [5, 5.41) is 10.7. The van der Waals surface area contributed by atoms with Gasteiger partial charge in [0, 0.05) is 29.2 Å². The summed E-state index contributed by atoms with van der Waals surface area (Å²) >= 11 is 1.67. The third kappa shape index (κ3) is 7.45. The first-order valence-electron chi connectivity index (χ1n) is 6.44. The highest BCUT2D eigenvalue weighted by molar-refractivity contribution is 8.00. The average Bonchev–Trinajstić information content (AvgIpc) is 2.33. The molecule has 0 radical (unpaired) electrons. The van der Waals surface area contributed by atoms with Crippen molar-refractivity contribution in [2.75, 3.05) is 12.3 Å². The Morgan fingerprint density at radius 1 is 1.33 bits per heavy atom. The molecule has 0 aliphatic rings. The maximum absolute atomic E-state index is 11.9. The summed E-state index contributed by atoms with van der Waals surface area (Å²) in [5.41, 5.74) is 0.297. The molecule has 1 aromatic rings. The zero-order valence-electron chi connectivity index (χ0n) is 12.3. The van der Waals surface area contributed by atoms with Gasteiger partial charge in [-0.05, 0) is 5.56 Å². The Kier molecular flexibility index (Phi) is 6.18. The molecular formula is C13H20N2O4S2. The van der Waals surface area contributed by atoms with Crippen LogP contribution in [0.15, 0.2) is 24.3 Å². The van der Waals surface area contributed by atoms with Crippen molar-refractivity contribution in [3.63, 3.8) is 0 Å². The highest BCUT2D eigenvalue weighted by atomic mass is 32.2. The molecule has 0 bridgehead atoms. The standard InChI is InChI=1S/C13H20N2O4S2/c1-13(2,3)20-8-7-14-21(18,19)10-11-5-4-6-12(9-11)15(16)17/h4-6,9,14H,7-8,10H2,1-3H3. The Balaban J connectivity index is 2.56. The van der Waals surface area contributed by atoms with Crippen molar-refractivity contribution >= 4 is 27.5 Å². The number of nitro benzene ring substituents is 1. The topological polar surface area (TPSA) is 89.3 Å². The van der Waals surface area contributed by atoms with Gasteiger partial charge in [0.15, 0.2) is 0 Å². The molecule has 1 N–H and O–H groups in total. The summed E-state index contributed by atoms with van der Waals surface area (Å²) in [5.74, 6) is 0.423. The summed E-state index contributed by atoms with van der Waals surface area (Å²) in [6.45, 7) is 6.54. The van der Waals surface area contributed by atoms with Crippen LogP contribution in [0.25, 0.3) is 0 Å². The minimum atomic E-state index is -3.48. The number of benzene rings is 1. The normalized spacial score (nSPS) is 12.3. The summed E-state index contributed by atoms with van der Waals surface area (Å²) in [6.07, 6.45) is 0. The average molecular weight is 332 g/mol. The quantitative estimate of drug-likeness (QED) is 0.471. The van der Waals surface area contributed by atoms with Gasteiger partial charge in [-0.1, -0.05) is 32.9 Å². The van der Waals surface area contributed by atoms with Crippen molar-refractivity contribution in [3.05, 3.63) is 39.9 Å². The predicted molar refractivity (Wildman–Crippen MR) is 85.9 cm³/mol. The fourth-order valence-corrected chi connectivity index (χ4v) is 3.66. The summed E-state index contributed by atoms with van der Waals surface area (Å²) < 4.78 is 26.4. The van der Waals surface area contributed by atoms with Crippen LogP contribution in [0, 0.1) is 10.1 Å². The van der Waals surface area contributed by atoms with Crippen LogP contribution in [0.2, 0.25) is 0 Å². The lowest BCUT2D eigenvalue weighted by Crippen LogP contribution is -2.28. The van der Waals surface area contributed by atoms with Crippen LogP contribution in [0.1, 0.15) is 26.3 Å². The van der Waals surface area contributed by atoms with Crippen molar-refractivity contribution in [3.8, 4) is 0 Å². The molecule has 0 amide bonds. The molecule has 0 heterocycles. The van der Waals surface area contributed by atoms with E-state index in [-0.39, 0.29) is 16.2 Å². The Labute approximate surface area is 129 Å². The number of thioether (sulfide) groups is 1. The lowest BCUT2D eigenvalue weighted by molar-refractivity contribution is -0.384. The monoisotopic (exact) mass is 332 g/mol. The zero-order chi connectivity index (χ0) is 16.1. The van der Waals surface area contributed by atoms with Gasteiger partial charge in [0.1, 0.15) is 0 Å². The van der Waals surface area contributed by atoms with E-state index in [1.165, 1.54) is 18.2 Å². The number of non-ortho nitro benzene ring substituents is 1. The van der Waals surface area contributed by atoms with E-state index in [0.717, 1.165) is 0 Å². The van der Waals surface area contributed by atoms with Gasteiger partial charge in [-0.25, -0.2) is 13.1 Å². The molecule has 0 aromatic heterocycles. The molecule has 0 aliphatic heterocycles. The van der Waals surface area contributed by atoms with Crippen LogP contribution >= 0.6 is 11.8 Å². The Bertz CT molecular complexity index is 594. The molecule has 6 nitrogen and oxygen atoms in total. The van der Waals surface area contributed by atoms with Gasteiger partial charge in [0.05, 0.1) is 10.7 Å². The van der Waals surface area contributed by atoms with E-state index in [2.05, 4.69) is 25.5 Å². The van der Waals surface area contributed by atoms with E-state index in [0.29, 0.717) is 17.9 Å². The van der Waals surface area contributed by atoms with Gasteiger partial charge < -0.3 is 0 Å². The van der Waals surface area contributed by atoms with Crippen molar-refractivity contribution in [2.24, 2.45) is 0 Å². The van der Waals surface area contributed by atoms with Gasteiger partial charge in [0.2, 0.25) is 10.0 Å². The van der Waals surface area contributed by atoms with Gasteiger partial charge in [-0.15, -0.1) is 0 Å². The number of nitrogens with zero attached hydrogens (tertiary/aromatic N) is 1. The van der Waals surface area contributed by atoms with Crippen LogP contribution < -0.4 is 4.72 Å². The molecule has 0 atom stereocenters. The largest absolute Gasteiger partial charge is 0.269 e. The van der Waals surface area contributed by atoms with Crippen LogP contribution in [0.3, 0.4) is 0 Å². The first-order chi connectivity index (χ1) is 9.59. The number of nitro groups is 1. The maximum Gasteiger partial charge on any atom is 0.269 e. The number of sulfonamides is 1. The Hall–Kier alpha value is -1.12. The lowest BCUT2D eigenvalue weighted by Gasteiger charge is -2.17. The molecule has 8 heteroatoms. The minimum Gasteiger partial charge on any atom is -0.258 e. The first kappa shape index (κ1) is 17.9. The molecule has 118 valence electrons. The smallest absolute Gasteiger partial charge is 0.258 e. The van der Waals surface area contributed by atoms with Crippen molar-refractivity contribution in [1.29, 1.82) is 0 Å². The first-order valence-corrected chi connectivity index (χ1v) is 9.07. The summed E-state index contributed by atoms with van der Waals surface area (Å²) in [7, 11) is -3.48. The summed E-state index contributed by atoms with van der Waals surface area (Å²) in [4.78, 5) is 10.1. The second-order valence-corrected chi connectivity index (χ2v) is 9.27. The molecule has 0 aliphatic carbocycles. The van der Waals surface area contributed by atoms with Gasteiger partial charge >= 0.3 is 0 Å². The van der Waals surface area contributed by atoms with Gasteiger partial charge in [-0.3, -0.25) is 10.1 Å². The van der Waals surface area contributed by atoms with Crippen LogP contribution in [-0.4, -0.2) is 30.4 Å². The van der Waals surface area contributed by atoms with E-state index in [4.69, 9.17) is 0 Å². The molecule has 0 spiro atoms. The highest BCUT2D eigenvalue weighted by Crippen LogP contribution is 2.22. The fourth-order valence-electron chi connectivity index (χ4n) is 1.58. The second-order valence-electron chi connectivity index (χ2n) is 5.54. The SMILES string of the molecule is CC(C)(C)SCCNS(=O)(=O)Cc1cccc([N+](=O)[O-])c1. The fraction of sp³-hybridized carbons (Fsp3) is 0.538. The van der Waals surface area contributed by atoms with Crippen LogP contribution in [-0.2, 0) is 15.8 Å². The van der Waals surface area contributed by atoms with E-state index in [9.17, 15) is 18.5 Å². The molecule has 0 fully saturated rings. The Morgan fingerprint density at radius 3 is 2.57 bits per heavy atom. The minimum absolute atomic E-state index is 0.0888. The number of rotatable bonds is 7. The van der Waals surface area contributed by atoms with Gasteiger partial charge in [0.25, 0.3) is 5.69 Å². The number of nitrogens with one attached hydrogen (secondary N) is 1. The molecule has 1 aromatic carbocycles. The van der Waals surface area contributed by atoms with E-state index in [1.807, 2.05) is 0 Å². The summed E-state index contributed by atoms with van der Waals surface area (Å²) in [6, 6.07) is 5.67. The molecular weight excluding hydrogens is 312 g/mol. The Morgan fingerprint density at radius 2 is 2.00 bits per heavy atom. The lowest BCUT2D eigenvalue weighted by atomic mass is 10.2. The van der Waals surface area contributed by atoms with E-state index < -0.39 is 14.9 Å². The third-order valence-corrected chi connectivity index (χ3v) is 5.07. The van der Waals surface area contributed by atoms with E-state index >= 15 is 0 Å². The molecule has 1 rings (SSSR count). The van der Waals surface area contributed by atoms with E-state index in [1.54, 1.807) is 17.8 Å². The molecule has 0 saturated heterocycles.